The molecule has 6 aromatic heterocycles. The molecular formula is C72H42N4S4. The van der Waals surface area contributed by atoms with Gasteiger partial charge in [-0.2, -0.15) is 10.5 Å². The van der Waals surface area contributed by atoms with E-state index in [9.17, 15) is 10.5 Å². The fourth-order valence-electron chi connectivity index (χ4n) is 13.3. The Morgan fingerprint density at radius 1 is 0.312 bits per heavy atom. The Hall–Kier alpha value is -9.12. The van der Waals surface area contributed by atoms with E-state index in [1.807, 2.05) is 22.7 Å². The molecule has 17 aromatic rings. The van der Waals surface area contributed by atoms with Crippen LogP contribution in [0.2, 0.25) is 0 Å². The van der Waals surface area contributed by atoms with Crippen LogP contribution in [0.1, 0.15) is 33.4 Å². The summed E-state index contributed by atoms with van der Waals surface area (Å²) in [7, 11) is 0. The molecule has 0 aliphatic carbocycles. The number of hydrogen-bond donors (Lipinski definition) is 0. The third kappa shape index (κ3) is 6.17. The normalized spacial score (nSPS) is 12.2. The number of nitrogens with zero attached hydrogens (tertiary/aromatic N) is 4. The summed E-state index contributed by atoms with van der Waals surface area (Å²) in [5.41, 5.74) is 14.4. The van der Waals surface area contributed by atoms with Crippen LogP contribution in [0, 0.1) is 50.4 Å². The summed E-state index contributed by atoms with van der Waals surface area (Å²) >= 11 is 7.16. The van der Waals surface area contributed by atoms with Crippen molar-refractivity contribution in [3.63, 3.8) is 0 Å². The molecule has 17 rings (SSSR count). The molecule has 0 N–H and O–H groups in total. The molecule has 6 heterocycles. The molecule has 4 nitrogen and oxygen atoms in total. The van der Waals surface area contributed by atoms with Gasteiger partial charge in [0.15, 0.2) is 0 Å². The van der Waals surface area contributed by atoms with Gasteiger partial charge in [-0.15, -0.1) is 45.3 Å². The van der Waals surface area contributed by atoms with E-state index in [0.29, 0.717) is 16.7 Å². The van der Waals surface area contributed by atoms with Gasteiger partial charge in [0.2, 0.25) is 0 Å². The lowest BCUT2D eigenvalue weighted by Crippen LogP contribution is -2.11. The zero-order valence-corrected chi connectivity index (χ0v) is 47.0. The molecule has 0 amide bonds. The van der Waals surface area contributed by atoms with Crippen molar-refractivity contribution in [2.45, 2.75) is 27.7 Å². The van der Waals surface area contributed by atoms with Gasteiger partial charge in [0.1, 0.15) is 12.1 Å². The van der Waals surface area contributed by atoms with Crippen LogP contribution in [-0.2, 0) is 0 Å². The minimum Gasteiger partial charge on any atom is -0.306 e. The van der Waals surface area contributed by atoms with Crippen molar-refractivity contribution in [2.24, 2.45) is 0 Å². The van der Waals surface area contributed by atoms with Crippen molar-refractivity contribution in [3.8, 4) is 45.8 Å². The molecule has 11 aromatic carbocycles. The smallest absolute Gasteiger partial charge is 0.102 e. The minimum atomic E-state index is 0.451. The number of aryl methyl sites for hydroxylation is 4. The maximum absolute atomic E-state index is 12.6. The molecule has 0 bridgehead atoms. The van der Waals surface area contributed by atoms with Crippen molar-refractivity contribution < 1.29 is 0 Å². The van der Waals surface area contributed by atoms with Crippen molar-refractivity contribution in [1.29, 1.82) is 10.5 Å². The number of aromatic nitrogens is 2. The van der Waals surface area contributed by atoms with Crippen LogP contribution in [0.5, 0.6) is 0 Å². The third-order valence-electron chi connectivity index (χ3n) is 17.2. The summed E-state index contributed by atoms with van der Waals surface area (Å²) in [6.07, 6.45) is 0. The first-order valence-corrected chi connectivity index (χ1v) is 30.1. The van der Waals surface area contributed by atoms with Gasteiger partial charge in [-0.3, -0.25) is 0 Å². The summed E-state index contributed by atoms with van der Waals surface area (Å²) < 4.78 is 14.3. The zero-order valence-electron chi connectivity index (χ0n) is 43.7. The first-order valence-electron chi connectivity index (χ1n) is 26.8. The van der Waals surface area contributed by atoms with Crippen molar-refractivity contribution in [2.75, 3.05) is 0 Å². The fraction of sp³-hybridized carbons (Fsp3) is 0.0556. The topological polar surface area (TPSA) is 57.4 Å². The van der Waals surface area contributed by atoms with Crippen LogP contribution >= 0.6 is 45.3 Å². The van der Waals surface area contributed by atoms with Crippen LogP contribution in [0.3, 0.4) is 0 Å². The highest BCUT2D eigenvalue weighted by atomic mass is 32.1. The molecule has 80 heavy (non-hydrogen) atoms. The second-order valence-corrected chi connectivity index (χ2v) is 25.8. The van der Waals surface area contributed by atoms with Crippen LogP contribution in [0.15, 0.2) is 182 Å². The second-order valence-electron chi connectivity index (χ2n) is 21.5. The molecule has 0 aliphatic heterocycles. The lowest BCUT2D eigenvalue weighted by atomic mass is 9.86. The highest BCUT2D eigenvalue weighted by Gasteiger charge is 2.34. The summed E-state index contributed by atoms with van der Waals surface area (Å²) in [6, 6.07) is 72.5. The fourth-order valence-corrected chi connectivity index (χ4v) is 18.0. The van der Waals surface area contributed by atoms with Gasteiger partial charge in [0.05, 0.1) is 54.0 Å². The van der Waals surface area contributed by atoms with Gasteiger partial charge in [-0.1, -0.05) is 121 Å². The van der Waals surface area contributed by atoms with E-state index in [1.54, 1.807) is 22.7 Å². The number of nitriles is 2. The first kappa shape index (κ1) is 45.9. The zero-order chi connectivity index (χ0) is 53.4. The van der Waals surface area contributed by atoms with E-state index in [0.717, 1.165) is 107 Å². The first-order chi connectivity index (χ1) is 39.2. The quantitative estimate of drug-likeness (QED) is 0.176. The Bertz CT molecular complexity index is 5520. The monoisotopic (exact) mass is 1090 g/mol. The van der Waals surface area contributed by atoms with E-state index in [4.69, 9.17) is 0 Å². The largest absolute Gasteiger partial charge is 0.306 e. The van der Waals surface area contributed by atoms with Crippen molar-refractivity contribution >= 4 is 170 Å². The van der Waals surface area contributed by atoms with E-state index in [1.165, 1.54) is 67.6 Å². The number of rotatable bonds is 4. The SMILES string of the molecule is Cc1cc2c3ccc4c5ccccc5sc4c3n(-c3c(C#N)c(-c4ccc5c(c4)sc4ccccc45)c(C#N)c(-n4c5cc(C)c(C)cc5c5ccc6c7ccccc7sc6c54)c3-c3ccc4c(c3)sc3ccccc34)c2cc1C. The highest BCUT2D eigenvalue weighted by Crippen LogP contribution is 2.54. The van der Waals surface area contributed by atoms with Gasteiger partial charge in [0.25, 0.3) is 0 Å². The van der Waals surface area contributed by atoms with E-state index >= 15 is 0 Å². The second kappa shape index (κ2) is 16.7. The van der Waals surface area contributed by atoms with E-state index in [-0.39, 0.29) is 0 Å². The number of fused-ring (bicyclic) bond motifs is 20. The predicted molar refractivity (Wildman–Crippen MR) is 346 cm³/mol. The van der Waals surface area contributed by atoms with Gasteiger partial charge in [-0.25, -0.2) is 0 Å². The van der Waals surface area contributed by atoms with Gasteiger partial charge in [-0.05, 0) is 122 Å². The Morgan fingerprint density at radius 2 is 0.650 bits per heavy atom. The molecule has 0 spiro atoms. The molecule has 0 saturated carbocycles. The van der Waals surface area contributed by atoms with Crippen molar-refractivity contribution in [1.82, 2.24) is 9.13 Å². The van der Waals surface area contributed by atoms with Crippen LogP contribution in [0.4, 0.5) is 0 Å². The maximum atomic E-state index is 12.6. The molecule has 0 aliphatic rings. The van der Waals surface area contributed by atoms with E-state index < -0.39 is 0 Å². The molecule has 0 fully saturated rings. The molecular weight excluding hydrogens is 1050 g/mol. The third-order valence-corrected chi connectivity index (χ3v) is 21.9. The molecule has 0 unspecified atom stereocenters. The Labute approximate surface area is 474 Å². The van der Waals surface area contributed by atoms with Crippen molar-refractivity contribution in [3.05, 3.63) is 215 Å². The lowest BCUT2D eigenvalue weighted by Gasteiger charge is -2.26. The van der Waals surface area contributed by atoms with Crippen LogP contribution < -0.4 is 0 Å². The molecule has 374 valence electrons. The molecule has 0 radical (unpaired) electrons. The van der Waals surface area contributed by atoms with Crippen LogP contribution in [-0.4, -0.2) is 9.13 Å². The van der Waals surface area contributed by atoms with Crippen LogP contribution in [0.25, 0.3) is 158 Å². The van der Waals surface area contributed by atoms with Gasteiger partial charge < -0.3 is 9.13 Å². The maximum Gasteiger partial charge on any atom is 0.102 e. The lowest BCUT2D eigenvalue weighted by molar-refractivity contribution is 1.12. The standard InChI is InChI=1S/C72H42N4S4/c1-37-29-53-49-25-27-51-45-15-7-11-19-61(45)79-71(51)69(49)75(57(53)31-39(37)3)67-55(35-73)65(41-21-23-47-43-13-5-9-17-59(43)77-63(47)33-41)56(36-74)68(66(67)42-22-24-48-44-14-6-10-18-60(44)78-64(48)34-42)76-58-32-40(4)38(2)30-54(58)50-26-28-52-46-16-8-12-20-62(46)80-72(52)70(50)76/h5-34H,1-4H3. The minimum absolute atomic E-state index is 0.451. The van der Waals surface area contributed by atoms with E-state index in [2.05, 4.69) is 231 Å². The number of benzene rings is 11. The summed E-state index contributed by atoms with van der Waals surface area (Å²) in [5, 5.41) is 39.2. The average Bonchev–Trinajstić information content (AvgIpc) is 4.50. The number of thiophene rings is 4. The highest BCUT2D eigenvalue weighted by molar-refractivity contribution is 7.27. The molecule has 0 saturated heterocycles. The Morgan fingerprint density at radius 3 is 1.07 bits per heavy atom. The average molecular weight is 1090 g/mol. The molecule has 0 atom stereocenters. The summed E-state index contributed by atoms with van der Waals surface area (Å²) in [4.78, 5) is 0. The Kier molecular flexibility index (Phi) is 9.58. The van der Waals surface area contributed by atoms with Gasteiger partial charge in [0, 0.05) is 104 Å². The Balaban J connectivity index is 1.17. The van der Waals surface area contributed by atoms with Gasteiger partial charge >= 0.3 is 0 Å². The predicted octanol–water partition coefficient (Wildman–Crippen LogP) is 21.7. The number of hydrogen-bond acceptors (Lipinski definition) is 6. The summed E-state index contributed by atoms with van der Waals surface area (Å²) in [5.74, 6) is 0. The molecule has 8 heteroatoms. The summed E-state index contributed by atoms with van der Waals surface area (Å²) in [6.45, 7) is 8.79.